The molecule has 2 heterocycles. The number of rotatable bonds is 8. The first kappa shape index (κ1) is 32.0. The molecule has 0 aliphatic heterocycles. The molecule has 0 unspecified atom stereocenters. The van der Waals surface area contributed by atoms with Gasteiger partial charge in [0.25, 0.3) is 0 Å². The Labute approximate surface area is 248 Å². The Hall–Kier alpha value is -3.89. The summed E-state index contributed by atoms with van der Waals surface area (Å²) < 4.78 is 86.6. The fourth-order valence-corrected chi connectivity index (χ4v) is 4.35. The second-order valence-electron chi connectivity index (χ2n) is 9.15. The van der Waals surface area contributed by atoms with Gasteiger partial charge in [-0.2, -0.15) is 26.3 Å². The van der Waals surface area contributed by atoms with Crippen molar-refractivity contribution in [2.75, 3.05) is 0 Å². The summed E-state index contributed by atoms with van der Waals surface area (Å²) in [6, 6.07) is 8.09. The highest BCUT2D eigenvalue weighted by Crippen LogP contribution is 2.34. The van der Waals surface area contributed by atoms with E-state index in [0.29, 0.717) is 15.7 Å². The molecule has 0 spiro atoms. The first-order chi connectivity index (χ1) is 20.0. The molecule has 2 atom stereocenters. The molecule has 10 nitrogen and oxygen atoms in total. The van der Waals surface area contributed by atoms with Crippen molar-refractivity contribution >= 4 is 29.2 Å². The van der Waals surface area contributed by atoms with Crippen LogP contribution in [0.5, 0.6) is 0 Å². The van der Waals surface area contributed by atoms with Crippen molar-refractivity contribution in [2.24, 2.45) is 0 Å². The summed E-state index contributed by atoms with van der Waals surface area (Å²) in [5, 5.41) is 17.9. The van der Waals surface area contributed by atoms with Gasteiger partial charge in [-0.15, -0.1) is 10.2 Å². The third-order valence-electron chi connectivity index (χ3n) is 5.94. The Morgan fingerprint density at radius 1 is 1.05 bits per heavy atom. The topological polar surface area (TPSA) is 117 Å². The molecule has 0 fully saturated rings. The van der Waals surface area contributed by atoms with Gasteiger partial charge in [0.1, 0.15) is 6.54 Å². The van der Waals surface area contributed by atoms with E-state index in [0.717, 1.165) is 28.4 Å². The predicted octanol–water partition coefficient (Wildman–Crippen LogP) is 5.21. The molecule has 43 heavy (non-hydrogen) atoms. The maximum Gasteiger partial charge on any atom is 0.416 e. The second kappa shape index (κ2) is 12.0. The molecule has 230 valence electrons. The number of nitrogens with zero attached hydrogens (tertiary/aromatic N) is 6. The largest absolute Gasteiger partial charge is 0.455 e. The standard InChI is InChI=1S/C25H20Cl2F6N6O4/c1-12(43-13(2)40)21-34-20(35-39(21)18-8-5-15(9-17(18)27)24(28,29)30)11-38-23(42)37(10-19(41)25(31,32)33)22(36-38)14-3-6-16(26)7-4-14/h3-9,12,19,41H,10-11H2,1-2H3/t12-,19-/m0/s1. The summed E-state index contributed by atoms with van der Waals surface area (Å²) in [5.74, 6) is -1.22. The van der Waals surface area contributed by atoms with Crippen molar-refractivity contribution in [3.8, 4) is 17.1 Å². The lowest BCUT2D eigenvalue weighted by Gasteiger charge is -2.15. The van der Waals surface area contributed by atoms with Crippen molar-refractivity contribution < 1.29 is 41.0 Å². The Morgan fingerprint density at radius 3 is 2.26 bits per heavy atom. The van der Waals surface area contributed by atoms with E-state index in [4.69, 9.17) is 27.9 Å². The van der Waals surface area contributed by atoms with E-state index in [2.05, 4.69) is 15.2 Å². The summed E-state index contributed by atoms with van der Waals surface area (Å²) in [7, 11) is 0. The number of hydrogen-bond acceptors (Lipinski definition) is 7. The average molecular weight is 653 g/mol. The van der Waals surface area contributed by atoms with Gasteiger partial charge in [-0.25, -0.2) is 19.1 Å². The van der Waals surface area contributed by atoms with Gasteiger partial charge in [-0.3, -0.25) is 9.36 Å². The predicted molar refractivity (Wildman–Crippen MR) is 140 cm³/mol. The van der Waals surface area contributed by atoms with Gasteiger partial charge in [0.05, 0.1) is 22.8 Å². The summed E-state index contributed by atoms with van der Waals surface area (Å²) in [6.45, 7) is 0.794. The third kappa shape index (κ3) is 7.19. The van der Waals surface area contributed by atoms with Gasteiger partial charge < -0.3 is 9.84 Å². The van der Waals surface area contributed by atoms with Crippen molar-refractivity contribution in [3.63, 3.8) is 0 Å². The molecule has 2 aromatic carbocycles. The summed E-state index contributed by atoms with van der Waals surface area (Å²) in [6.07, 6.45) is -13.7. The number of benzene rings is 2. The quantitative estimate of drug-likeness (QED) is 0.205. The van der Waals surface area contributed by atoms with Gasteiger partial charge in [0.15, 0.2) is 29.7 Å². The first-order valence-corrected chi connectivity index (χ1v) is 12.9. The van der Waals surface area contributed by atoms with Gasteiger partial charge >= 0.3 is 24.0 Å². The molecule has 1 N–H and O–H groups in total. The van der Waals surface area contributed by atoms with E-state index in [1.165, 1.54) is 31.2 Å². The fourth-order valence-electron chi connectivity index (χ4n) is 3.96. The van der Waals surface area contributed by atoms with Crippen molar-refractivity contribution in [2.45, 2.75) is 51.5 Å². The van der Waals surface area contributed by atoms with E-state index in [1.807, 2.05) is 0 Å². The Morgan fingerprint density at radius 2 is 1.70 bits per heavy atom. The van der Waals surface area contributed by atoms with Crippen LogP contribution >= 0.6 is 23.2 Å². The molecule has 0 radical (unpaired) electrons. The highest BCUT2D eigenvalue weighted by atomic mass is 35.5. The van der Waals surface area contributed by atoms with Gasteiger partial charge in [0, 0.05) is 17.5 Å². The Balaban J connectivity index is 1.81. The lowest BCUT2D eigenvalue weighted by Crippen LogP contribution is -2.37. The van der Waals surface area contributed by atoms with Crippen LogP contribution in [0.25, 0.3) is 17.1 Å². The van der Waals surface area contributed by atoms with Gasteiger partial charge in [-0.05, 0) is 49.4 Å². The minimum atomic E-state index is -5.04. The van der Waals surface area contributed by atoms with E-state index >= 15 is 0 Å². The van der Waals surface area contributed by atoms with Crippen LogP contribution in [-0.2, 0) is 28.8 Å². The summed E-state index contributed by atoms with van der Waals surface area (Å²) >= 11 is 12.0. The highest BCUT2D eigenvalue weighted by Gasteiger charge is 2.39. The molecule has 0 saturated heterocycles. The minimum absolute atomic E-state index is 0.0737. The number of alkyl halides is 6. The molecule has 0 saturated carbocycles. The first-order valence-electron chi connectivity index (χ1n) is 12.1. The van der Waals surface area contributed by atoms with Crippen molar-refractivity contribution in [1.82, 2.24) is 29.1 Å². The van der Waals surface area contributed by atoms with Gasteiger partial charge in [-0.1, -0.05) is 23.2 Å². The summed E-state index contributed by atoms with van der Waals surface area (Å²) in [5.41, 5.74) is -1.97. The normalized spacial score (nSPS) is 13.7. The molecule has 0 aliphatic carbocycles. The zero-order valence-electron chi connectivity index (χ0n) is 22.0. The maximum absolute atomic E-state index is 13.2. The number of carbonyl (C=O) groups excluding carboxylic acids is 1. The number of carbonyl (C=O) groups is 1. The zero-order valence-corrected chi connectivity index (χ0v) is 23.5. The van der Waals surface area contributed by atoms with E-state index in [-0.39, 0.29) is 33.7 Å². The van der Waals surface area contributed by atoms with E-state index in [9.17, 15) is 41.0 Å². The fraction of sp³-hybridized carbons (Fsp3) is 0.320. The molecule has 4 aromatic rings. The molecule has 0 bridgehead atoms. The molecule has 4 rings (SSSR count). The second-order valence-corrected chi connectivity index (χ2v) is 10.00. The minimum Gasteiger partial charge on any atom is -0.455 e. The van der Waals surface area contributed by atoms with Crippen LogP contribution in [0.15, 0.2) is 47.3 Å². The molecule has 2 aromatic heterocycles. The molecule has 0 amide bonds. The number of ether oxygens (including phenoxy) is 1. The summed E-state index contributed by atoms with van der Waals surface area (Å²) in [4.78, 5) is 29.1. The smallest absolute Gasteiger partial charge is 0.416 e. The number of aliphatic hydroxyl groups excluding tert-OH is 1. The Bertz CT molecular complexity index is 1700. The SMILES string of the molecule is CC(=O)O[C@@H](C)c1nc(Cn2nc(-c3ccc(Cl)cc3)n(C[C@H](O)C(F)(F)F)c2=O)nn1-c1ccc(C(F)(F)F)cc1Cl. The van der Waals surface area contributed by atoms with Crippen LogP contribution < -0.4 is 5.69 Å². The number of aromatic nitrogens is 6. The third-order valence-corrected chi connectivity index (χ3v) is 6.49. The monoisotopic (exact) mass is 652 g/mol. The van der Waals surface area contributed by atoms with Crippen molar-refractivity contribution in [1.29, 1.82) is 0 Å². The van der Waals surface area contributed by atoms with Crippen LogP contribution in [0.4, 0.5) is 26.3 Å². The average Bonchev–Trinajstić information content (AvgIpc) is 3.44. The van der Waals surface area contributed by atoms with Gasteiger partial charge in [0.2, 0.25) is 0 Å². The van der Waals surface area contributed by atoms with Crippen LogP contribution in [-0.4, -0.2) is 52.5 Å². The molecule has 0 aliphatic rings. The lowest BCUT2D eigenvalue weighted by molar-refractivity contribution is -0.207. The van der Waals surface area contributed by atoms with Crippen LogP contribution in [0.3, 0.4) is 0 Å². The number of aliphatic hydroxyl groups is 1. The number of esters is 1. The molecular weight excluding hydrogens is 633 g/mol. The number of halogens is 8. The van der Waals surface area contributed by atoms with E-state index < -0.39 is 54.9 Å². The highest BCUT2D eigenvalue weighted by molar-refractivity contribution is 6.32. The molecule has 18 heteroatoms. The lowest BCUT2D eigenvalue weighted by atomic mass is 10.2. The Kier molecular flexibility index (Phi) is 8.95. The maximum atomic E-state index is 13.2. The van der Waals surface area contributed by atoms with Crippen molar-refractivity contribution in [3.05, 3.63) is 80.2 Å². The van der Waals surface area contributed by atoms with E-state index in [1.54, 1.807) is 0 Å². The van der Waals surface area contributed by atoms with Crippen LogP contribution in [0.2, 0.25) is 10.0 Å². The zero-order chi connectivity index (χ0) is 31.9. The molecular formula is C25H20Cl2F6N6O4. The van der Waals surface area contributed by atoms with Crippen LogP contribution in [0.1, 0.15) is 37.2 Å². The van der Waals surface area contributed by atoms with Crippen LogP contribution in [0, 0.1) is 0 Å². The number of hydrogen-bond donors (Lipinski definition) is 1.